The molecule has 0 spiro atoms. The van der Waals surface area contributed by atoms with Crippen LogP contribution in [0.4, 0.5) is 4.39 Å². The Morgan fingerprint density at radius 1 is 1.25 bits per heavy atom. The first-order valence-corrected chi connectivity index (χ1v) is 7.34. The van der Waals surface area contributed by atoms with E-state index in [1.165, 1.54) is 6.07 Å². The van der Waals surface area contributed by atoms with Gasteiger partial charge >= 0.3 is 0 Å². The van der Waals surface area contributed by atoms with Crippen molar-refractivity contribution in [3.63, 3.8) is 0 Å². The molecule has 5 heteroatoms. The molecule has 1 saturated heterocycles. The fraction of sp³-hybridized carbons (Fsp3) is 0.267. The molecule has 1 aromatic carbocycles. The van der Waals surface area contributed by atoms with E-state index < -0.39 is 5.82 Å². The standard InChI is InChI=1S/C15H14FNO2S/c16-13-10-11(14-2-1-9-20-14)3-4-12(13)15(18)17-5-7-19-8-6-17/h1-4,9-10H,5-8H2. The molecule has 1 aliphatic heterocycles. The van der Waals surface area contributed by atoms with Gasteiger partial charge in [0.1, 0.15) is 5.82 Å². The molecule has 20 heavy (non-hydrogen) atoms. The van der Waals surface area contributed by atoms with Crippen molar-refractivity contribution in [1.82, 2.24) is 4.90 Å². The van der Waals surface area contributed by atoms with Gasteiger partial charge in [0, 0.05) is 18.0 Å². The lowest BCUT2D eigenvalue weighted by atomic mass is 10.1. The van der Waals surface area contributed by atoms with Gasteiger partial charge in [0.05, 0.1) is 18.8 Å². The number of carbonyl (C=O) groups excluding carboxylic acids is 1. The minimum atomic E-state index is -0.465. The SMILES string of the molecule is O=C(c1ccc(-c2cccs2)cc1F)N1CCOCC1. The Morgan fingerprint density at radius 3 is 2.70 bits per heavy atom. The number of halogens is 1. The van der Waals surface area contributed by atoms with Crippen LogP contribution in [-0.4, -0.2) is 37.1 Å². The molecule has 0 aliphatic carbocycles. The second-order valence-electron chi connectivity index (χ2n) is 4.58. The zero-order valence-electron chi connectivity index (χ0n) is 10.8. The van der Waals surface area contributed by atoms with Gasteiger partial charge in [-0.2, -0.15) is 0 Å². The van der Waals surface area contributed by atoms with E-state index >= 15 is 0 Å². The van der Waals surface area contributed by atoms with E-state index in [4.69, 9.17) is 4.74 Å². The van der Waals surface area contributed by atoms with Crippen molar-refractivity contribution in [2.24, 2.45) is 0 Å². The number of nitrogens with zero attached hydrogens (tertiary/aromatic N) is 1. The number of rotatable bonds is 2. The molecule has 0 unspecified atom stereocenters. The van der Waals surface area contributed by atoms with Gasteiger partial charge in [0.2, 0.25) is 0 Å². The molecule has 0 radical (unpaired) electrons. The second kappa shape index (κ2) is 5.73. The highest BCUT2D eigenvalue weighted by Crippen LogP contribution is 2.26. The number of carbonyl (C=O) groups is 1. The molecular weight excluding hydrogens is 277 g/mol. The molecule has 0 N–H and O–H groups in total. The van der Waals surface area contributed by atoms with Crippen LogP contribution in [0, 0.1) is 5.82 Å². The number of hydrogen-bond acceptors (Lipinski definition) is 3. The Bertz CT molecular complexity index is 606. The number of amides is 1. The van der Waals surface area contributed by atoms with Crippen LogP contribution in [0.25, 0.3) is 10.4 Å². The first-order chi connectivity index (χ1) is 9.75. The van der Waals surface area contributed by atoms with Crippen molar-refractivity contribution >= 4 is 17.2 Å². The minimum absolute atomic E-state index is 0.132. The highest BCUT2D eigenvalue weighted by molar-refractivity contribution is 7.13. The fourth-order valence-electron chi connectivity index (χ4n) is 2.22. The first-order valence-electron chi connectivity index (χ1n) is 6.46. The van der Waals surface area contributed by atoms with Crippen molar-refractivity contribution in [2.75, 3.05) is 26.3 Å². The number of morpholine rings is 1. The summed E-state index contributed by atoms with van der Waals surface area (Å²) in [5.74, 6) is -0.726. The monoisotopic (exact) mass is 291 g/mol. The maximum atomic E-state index is 14.2. The molecule has 0 saturated carbocycles. The third-order valence-corrected chi connectivity index (χ3v) is 4.22. The molecule has 1 aliphatic rings. The Labute approximate surface area is 120 Å². The maximum absolute atomic E-state index is 14.2. The topological polar surface area (TPSA) is 29.5 Å². The van der Waals surface area contributed by atoms with Crippen molar-refractivity contribution < 1.29 is 13.9 Å². The van der Waals surface area contributed by atoms with Crippen molar-refractivity contribution in [2.45, 2.75) is 0 Å². The van der Waals surface area contributed by atoms with E-state index in [9.17, 15) is 9.18 Å². The smallest absolute Gasteiger partial charge is 0.256 e. The zero-order chi connectivity index (χ0) is 13.9. The Hall–Kier alpha value is -1.72. The summed E-state index contributed by atoms with van der Waals surface area (Å²) in [5.41, 5.74) is 0.934. The molecule has 104 valence electrons. The third-order valence-electron chi connectivity index (χ3n) is 3.30. The summed E-state index contributed by atoms with van der Waals surface area (Å²) in [7, 11) is 0. The van der Waals surface area contributed by atoms with Crippen LogP contribution in [0.15, 0.2) is 35.7 Å². The van der Waals surface area contributed by atoms with E-state index in [0.29, 0.717) is 26.3 Å². The van der Waals surface area contributed by atoms with Gasteiger partial charge < -0.3 is 9.64 Å². The molecule has 0 atom stereocenters. The van der Waals surface area contributed by atoms with E-state index in [1.54, 1.807) is 28.4 Å². The van der Waals surface area contributed by atoms with E-state index in [1.807, 2.05) is 17.5 Å². The van der Waals surface area contributed by atoms with Crippen molar-refractivity contribution in [3.8, 4) is 10.4 Å². The number of benzene rings is 1. The van der Waals surface area contributed by atoms with E-state index in [0.717, 1.165) is 10.4 Å². The van der Waals surface area contributed by atoms with Gasteiger partial charge in [-0.15, -0.1) is 11.3 Å². The summed E-state index contributed by atoms with van der Waals surface area (Å²) in [6.45, 7) is 2.07. The van der Waals surface area contributed by atoms with Gasteiger partial charge in [0.25, 0.3) is 5.91 Å². The molecule has 2 aromatic rings. The normalized spacial score (nSPS) is 15.3. The minimum Gasteiger partial charge on any atom is -0.378 e. The Kier molecular flexibility index (Phi) is 3.80. The third kappa shape index (κ3) is 2.59. The van der Waals surface area contributed by atoms with Crippen LogP contribution in [0.2, 0.25) is 0 Å². The van der Waals surface area contributed by atoms with Gasteiger partial charge in [-0.05, 0) is 29.1 Å². The number of hydrogen-bond donors (Lipinski definition) is 0. The number of thiophene rings is 1. The van der Waals surface area contributed by atoms with Crippen LogP contribution in [0.5, 0.6) is 0 Å². The Balaban J connectivity index is 1.85. The summed E-state index contributed by atoms with van der Waals surface area (Å²) >= 11 is 1.55. The highest BCUT2D eigenvalue weighted by atomic mass is 32.1. The van der Waals surface area contributed by atoms with E-state index in [-0.39, 0.29) is 11.5 Å². The predicted molar refractivity (Wildman–Crippen MR) is 76.4 cm³/mol. The van der Waals surface area contributed by atoms with Gasteiger partial charge in [-0.25, -0.2) is 4.39 Å². The lowest BCUT2D eigenvalue weighted by Crippen LogP contribution is -2.41. The largest absolute Gasteiger partial charge is 0.378 e. The van der Waals surface area contributed by atoms with Gasteiger partial charge in [0.15, 0.2) is 0 Å². The van der Waals surface area contributed by atoms with Gasteiger partial charge in [-0.3, -0.25) is 4.79 Å². The first kappa shape index (κ1) is 13.3. The average Bonchev–Trinajstić information content (AvgIpc) is 3.01. The predicted octanol–water partition coefficient (Wildman–Crippen LogP) is 3.03. The summed E-state index contributed by atoms with van der Waals surface area (Å²) in [4.78, 5) is 14.9. The summed E-state index contributed by atoms with van der Waals surface area (Å²) < 4.78 is 19.4. The average molecular weight is 291 g/mol. The molecule has 3 nitrogen and oxygen atoms in total. The highest BCUT2D eigenvalue weighted by Gasteiger charge is 2.21. The van der Waals surface area contributed by atoms with Crippen LogP contribution in [0.1, 0.15) is 10.4 Å². The second-order valence-corrected chi connectivity index (χ2v) is 5.52. The molecule has 1 fully saturated rings. The zero-order valence-corrected chi connectivity index (χ0v) is 11.7. The number of ether oxygens (including phenoxy) is 1. The van der Waals surface area contributed by atoms with Crippen LogP contribution >= 0.6 is 11.3 Å². The molecule has 3 rings (SSSR count). The Morgan fingerprint density at radius 2 is 2.05 bits per heavy atom. The molecular formula is C15H14FNO2S. The summed E-state index contributed by atoms with van der Waals surface area (Å²) in [6, 6.07) is 8.65. The van der Waals surface area contributed by atoms with Crippen molar-refractivity contribution in [1.29, 1.82) is 0 Å². The summed E-state index contributed by atoms with van der Waals surface area (Å²) in [6.07, 6.45) is 0. The molecule has 2 heterocycles. The lowest BCUT2D eigenvalue weighted by Gasteiger charge is -2.27. The maximum Gasteiger partial charge on any atom is 0.256 e. The van der Waals surface area contributed by atoms with Crippen LogP contribution < -0.4 is 0 Å². The molecule has 1 aromatic heterocycles. The summed E-state index contributed by atoms with van der Waals surface area (Å²) in [5, 5.41) is 1.94. The van der Waals surface area contributed by atoms with Crippen LogP contribution in [-0.2, 0) is 4.74 Å². The quantitative estimate of drug-likeness (QED) is 0.851. The van der Waals surface area contributed by atoms with E-state index in [2.05, 4.69) is 0 Å². The van der Waals surface area contributed by atoms with Crippen molar-refractivity contribution in [3.05, 3.63) is 47.1 Å². The molecule has 1 amide bonds. The molecule has 0 bridgehead atoms. The van der Waals surface area contributed by atoms with Crippen LogP contribution in [0.3, 0.4) is 0 Å². The van der Waals surface area contributed by atoms with Gasteiger partial charge in [-0.1, -0.05) is 12.1 Å². The fourth-order valence-corrected chi connectivity index (χ4v) is 2.95. The lowest BCUT2D eigenvalue weighted by molar-refractivity contribution is 0.0300.